The molecular weight excluding hydrogens is 1690 g/mol. The van der Waals surface area contributed by atoms with Crippen LogP contribution < -0.4 is 21.1 Å². The van der Waals surface area contributed by atoms with Crippen LogP contribution in [0.15, 0.2) is 267 Å². The molecule has 700 valence electrons. The van der Waals surface area contributed by atoms with Crippen LogP contribution in [0.5, 0.6) is 5.75 Å². The molecule has 10 aromatic carbocycles. The van der Waals surface area contributed by atoms with Gasteiger partial charge in [-0.15, -0.1) is 0 Å². The lowest BCUT2D eigenvalue weighted by Gasteiger charge is -2.30. The number of methoxy groups -OCH3 is 3. The second kappa shape index (κ2) is 52.6. The predicted octanol–water partition coefficient (Wildman–Crippen LogP) is 17.1. The zero-order chi connectivity index (χ0) is 96.0. The van der Waals surface area contributed by atoms with Crippen LogP contribution in [0.1, 0.15) is 174 Å². The van der Waals surface area contributed by atoms with Crippen LogP contribution in [-0.2, 0) is 57.3 Å². The maximum absolute atomic E-state index is 13.2. The number of amides is 3. The van der Waals surface area contributed by atoms with Gasteiger partial charge in [-0.1, -0.05) is 252 Å². The lowest BCUT2D eigenvalue weighted by atomic mass is 10.1. The Morgan fingerprint density at radius 1 is 0.466 bits per heavy atom. The van der Waals surface area contributed by atoms with Gasteiger partial charge in [0.15, 0.2) is 5.78 Å². The first kappa shape index (κ1) is 103. The van der Waals surface area contributed by atoms with Gasteiger partial charge in [0.1, 0.15) is 24.2 Å². The topological polar surface area (TPSA) is 354 Å². The third-order valence-corrected chi connectivity index (χ3v) is 23.5. The molecule has 16 rings (SSSR count). The van der Waals surface area contributed by atoms with Gasteiger partial charge in [-0.25, -0.2) is 14.0 Å². The van der Waals surface area contributed by atoms with E-state index < -0.39 is 35.7 Å². The average molecular weight is 1810 g/mol. The number of carboxylic acid groups (broad SMARTS) is 3. The number of morpholine rings is 1. The van der Waals surface area contributed by atoms with Crippen LogP contribution in [0.3, 0.4) is 0 Å². The summed E-state index contributed by atoms with van der Waals surface area (Å²) in [6.07, 6.45) is 10.6. The Hall–Kier alpha value is -13.4. The van der Waals surface area contributed by atoms with E-state index in [1.807, 2.05) is 210 Å². The van der Waals surface area contributed by atoms with E-state index in [2.05, 4.69) is 77.7 Å². The van der Waals surface area contributed by atoms with E-state index in [-0.39, 0.29) is 115 Å². The normalized spacial score (nSPS) is 19.4. The summed E-state index contributed by atoms with van der Waals surface area (Å²) >= 11 is 0. The van der Waals surface area contributed by atoms with E-state index in [1.165, 1.54) is 94.6 Å². The van der Waals surface area contributed by atoms with Crippen molar-refractivity contribution >= 4 is 65.5 Å². The molecule has 0 aromatic heterocycles. The van der Waals surface area contributed by atoms with Gasteiger partial charge in [-0.3, -0.25) is 33.6 Å². The smallest absolute Gasteiger partial charge is 0.330 e. The van der Waals surface area contributed by atoms with Crippen LogP contribution in [-0.4, -0.2) is 164 Å². The van der Waals surface area contributed by atoms with E-state index in [9.17, 15) is 52.6 Å². The number of halogens is 1. The molecule has 4 unspecified atom stereocenters. The second-order valence-electron chi connectivity index (χ2n) is 33.9. The minimum absolute atomic E-state index is 0.00398. The third-order valence-electron chi connectivity index (χ3n) is 23.5. The number of hydrogen-bond donors (Lipinski definition) is 8. The van der Waals surface area contributed by atoms with Crippen molar-refractivity contribution in [2.75, 3.05) is 74.1 Å². The van der Waals surface area contributed by atoms with Gasteiger partial charge >= 0.3 is 29.8 Å². The standard InChI is InChI=1S/C27H31FN2O6.C19H21NO2.C12H14O2.3C11H12O2.C10H10O2.C8H11NO/c1-34-23-8-4-18(5-9-23)24-15-20(24)14-22(31)16-36-17-25(27(33)30-10-12-35-13-11-30)29-26(32)19-2-6-21(28)7-3-19;1-13-7-9-14(10-8-13)16-11-17(16)19(22)20-18(12-21)15-5-3-2-4-6-15;1-8-3-5-9(6-4-8)10-7-11(10)12(13)14-2;2*1-7-2-4-8(5-3-7)9-6-10(9)11(12)13;1-9-3-5-10(6-4-9)7-8-11(12)13-2;1-8-2-4-9(5-3-8)6-7-10(11)12;9-8(6-10)7-4-2-1-3-5-7/h2-9,20,24-25H,10-17H2,1H3,(H,29,32);2-10,16-18,21H,11-12H2,1H3,(H,20,22);3-6,10-11H,7H2,1-2H3;2*2-5,9-10H,6H2,1H3,(H,12,13);3-8H,1-2H3;2-7H,1H3,(H,11,12);1-5,8,10H,6,9H2/b;;;;;8-7+;7-6+;/t20-,24+,25+;16-,17+,18-;;9-,10+;;;;8-/m10.0...0/s1. The van der Waals surface area contributed by atoms with E-state index >= 15 is 0 Å². The maximum Gasteiger partial charge on any atom is 0.330 e. The molecule has 1 saturated heterocycles. The number of carbonyl (C=O) groups excluding carboxylic acids is 6. The van der Waals surface area contributed by atoms with Crippen LogP contribution in [0.2, 0.25) is 0 Å². The van der Waals surface area contributed by atoms with Crippen LogP contribution >= 0.6 is 0 Å². The number of rotatable bonds is 28. The first-order valence-corrected chi connectivity index (χ1v) is 44.6. The summed E-state index contributed by atoms with van der Waals surface area (Å²) in [5.41, 5.74) is 22.9. The van der Waals surface area contributed by atoms with E-state index in [4.69, 9.17) is 45.1 Å². The van der Waals surface area contributed by atoms with Crippen LogP contribution in [0.4, 0.5) is 4.39 Å². The van der Waals surface area contributed by atoms with Gasteiger partial charge in [0.05, 0.1) is 84.2 Å². The van der Waals surface area contributed by atoms with Gasteiger partial charge in [-0.05, 0) is 208 Å². The number of carbonyl (C=O) groups is 9. The predicted molar refractivity (Wildman–Crippen MR) is 510 cm³/mol. The summed E-state index contributed by atoms with van der Waals surface area (Å²) in [6.45, 7) is 13.5. The number of hydrogen-bond acceptors (Lipinski definition) is 17. The number of esters is 2. The highest BCUT2D eigenvalue weighted by Crippen LogP contribution is 2.52. The van der Waals surface area contributed by atoms with Crippen molar-refractivity contribution in [1.82, 2.24) is 15.5 Å². The van der Waals surface area contributed by atoms with Crippen LogP contribution in [0, 0.1) is 76.9 Å². The Bertz CT molecular complexity index is 5360. The Labute approximate surface area is 778 Å². The molecule has 133 heavy (non-hydrogen) atoms. The number of ether oxygens (including phenoxy) is 5. The molecule has 5 saturated carbocycles. The molecule has 9 N–H and O–H groups in total. The van der Waals surface area contributed by atoms with Crippen molar-refractivity contribution in [3.63, 3.8) is 0 Å². The number of aryl methyl sites for hydroxylation is 6. The van der Waals surface area contributed by atoms with Crippen molar-refractivity contribution in [3.05, 3.63) is 362 Å². The number of aliphatic carboxylic acids is 3. The Morgan fingerprint density at radius 2 is 0.872 bits per heavy atom. The number of nitrogens with two attached hydrogens (primary N) is 1. The number of aliphatic hydroxyl groups excluding tert-OH is 2. The maximum atomic E-state index is 13.2. The van der Waals surface area contributed by atoms with E-state index in [1.54, 1.807) is 24.2 Å². The van der Waals surface area contributed by atoms with Crippen molar-refractivity contribution in [2.24, 2.45) is 35.3 Å². The molecule has 23 nitrogen and oxygen atoms in total. The molecule has 6 aliphatic rings. The Balaban J connectivity index is 0.000000179. The minimum Gasteiger partial charge on any atom is -0.497 e. The van der Waals surface area contributed by atoms with Gasteiger partial charge in [0.25, 0.3) is 5.91 Å². The first-order chi connectivity index (χ1) is 64.0. The number of benzene rings is 10. The summed E-state index contributed by atoms with van der Waals surface area (Å²) in [6, 6.07) is 79.1. The molecule has 10 aromatic rings. The second-order valence-corrected chi connectivity index (χ2v) is 33.9. The van der Waals surface area contributed by atoms with Crippen molar-refractivity contribution in [1.29, 1.82) is 0 Å². The van der Waals surface area contributed by atoms with E-state index in [0.29, 0.717) is 50.5 Å². The molecule has 0 spiro atoms. The molecule has 6 fully saturated rings. The molecule has 0 bridgehead atoms. The Kier molecular flexibility index (Phi) is 40.9. The SMILES string of the molecule is COC(=O)/C=C/c1ccc(C)cc1.COC(=O)C1CC1c1ccc(C)cc1.COc1ccc([C@@H]2C[C@H]2CC(=O)COC[C@H](NC(=O)c2ccc(F)cc2)C(=O)N2CCOCC2)cc1.Cc1ccc(/C=C/C(=O)O)cc1.Cc1ccc(C2CC2C(=O)O)cc1.Cc1ccc([C@@H]2C[C@H]2C(=O)N[C@@H](CO)c2ccccc2)cc1.Cc1ccc([C@@H]2C[C@H]2C(=O)O)cc1.N[C@@H](CO)c1ccccc1. The monoisotopic (exact) mass is 1810 g/mol. The number of Topliss-reactive ketones (excluding diaryl/α,β-unsaturated/α-hetero) is 1. The fourth-order valence-corrected chi connectivity index (χ4v) is 14.9. The number of aliphatic hydroxyl groups is 2. The molecular formula is C109H123FN4O19. The number of ketones is 1. The van der Waals surface area contributed by atoms with Gasteiger partial charge in [0.2, 0.25) is 11.8 Å². The van der Waals surface area contributed by atoms with Crippen molar-refractivity contribution < 1.29 is 96.8 Å². The molecule has 3 amide bonds. The molecule has 13 atom stereocenters. The summed E-state index contributed by atoms with van der Waals surface area (Å²) in [7, 11) is 4.44. The number of carboxylic acids is 3. The molecule has 0 radical (unpaired) electrons. The minimum atomic E-state index is -0.971. The molecule has 1 aliphatic heterocycles. The fourth-order valence-electron chi connectivity index (χ4n) is 14.9. The number of nitrogens with zero attached hydrogens (tertiary/aromatic N) is 1. The highest BCUT2D eigenvalue weighted by Gasteiger charge is 2.47. The van der Waals surface area contributed by atoms with Gasteiger partial charge in [0, 0.05) is 43.1 Å². The quantitative estimate of drug-likeness (QED) is 0.0167. The van der Waals surface area contributed by atoms with Crippen molar-refractivity contribution in [3.8, 4) is 5.75 Å². The molecule has 5 aliphatic carbocycles. The summed E-state index contributed by atoms with van der Waals surface area (Å²) < 4.78 is 38.5. The zero-order valence-electron chi connectivity index (χ0n) is 76.8. The largest absolute Gasteiger partial charge is 0.497 e. The van der Waals surface area contributed by atoms with E-state index in [0.717, 1.165) is 77.3 Å². The van der Waals surface area contributed by atoms with Gasteiger partial charge < -0.3 is 70.5 Å². The van der Waals surface area contributed by atoms with Crippen molar-refractivity contribution in [2.45, 2.75) is 128 Å². The fraction of sp³-hybridized carbons (Fsp3) is 0.330. The molecule has 1 heterocycles. The summed E-state index contributed by atoms with van der Waals surface area (Å²) in [5.74, 6) is -1.42. The lowest BCUT2D eigenvalue weighted by molar-refractivity contribution is -0.142. The summed E-state index contributed by atoms with van der Waals surface area (Å²) in [5, 5.41) is 49.7. The highest BCUT2D eigenvalue weighted by molar-refractivity contribution is 5.97. The van der Waals surface area contributed by atoms with Crippen LogP contribution in [0.25, 0.3) is 12.2 Å². The van der Waals surface area contributed by atoms with Gasteiger partial charge in [-0.2, -0.15) is 0 Å². The lowest BCUT2D eigenvalue weighted by Crippen LogP contribution is -2.53. The third kappa shape index (κ3) is 35.0. The Morgan fingerprint density at radius 3 is 1.29 bits per heavy atom. The molecule has 24 heteroatoms. The highest BCUT2D eigenvalue weighted by atomic mass is 19.1. The summed E-state index contributed by atoms with van der Waals surface area (Å²) in [4.78, 5) is 106. The average Bonchev–Trinajstić information content (AvgIpc) is 1.62. The zero-order valence-corrected chi connectivity index (χ0v) is 76.8. The first-order valence-electron chi connectivity index (χ1n) is 44.6. The number of nitrogens with one attached hydrogen (secondary N) is 2.